The van der Waals surface area contributed by atoms with Gasteiger partial charge in [0.1, 0.15) is 6.04 Å². The summed E-state index contributed by atoms with van der Waals surface area (Å²) in [6.07, 6.45) is 2.96. The fourth-order valence-electron chi connectivity index (χ4n) is 3.08. The SMILES string of the molecule is CC(C)[C@H](C(=O)Nc1nccn(C)c1=O)N1Cc2ccccc2C1=O. The van der Waals surface area contributed by atoms with E-state index in [2.05, 4.69) is 10.3 Å². The van der Waals surface area contributed by atoms with E-state index in [-0.39, 0.29) is 17.6 Å². The summed E-state index contributed by atoms with van der Waals surface area (Å²) in [5.74, 6) is -0.735. The lowest BCUT2D eigenvalue weighted by Gasteiger charge is -2.29. The highest BCUT2D eigenvalue weighted by Crippen LogP contribution is 2.27. The Morgan fingerprint density at radius 3 is 2.64 bits per heavy atom. The lowest BCUT2D eigenvalue weighted by atomic mass is 10.0. The minimum atomic E-state index is -0.688. The average Bonchev–Trinajstić information content (AvgIpc) is 2.89. The maximum absolute atomic E-state index is 12.8. The molecule has 1 N–H and O–H groups in total. The van der Waals surface area contributed by atoms with Gasteiger partial charge in [-0.15, -0.1) is 0 Å². The van der Waals surface area contributed by atoms with E-state index in [4.69, 9.17) is 0 Å². The molecule has 1 atom stereocenters. The molecule has 1 aliphatic rings. The zero-order valence-corrected chi connectivity index (χ0v) is 14.4. The number of hydrogen-bond donors (Lipinski definition) is 1. The molecule has 25 heavy (non-hydrogen) atoms. The van der Waals surface area contributed by atoms with Crippen molar-refractivity contribution in [1.29, 1.82) is 0 Å². The van der Waals surface area contributed by atoms with Crippen LogP contribution in [0.1, 0.15) is 29.8 Å². The summed E-state index contributed by atoms with van der Waals surface area (Å²) in [5.41, 5.74) is 1.13. The third-order valence-corrected chi connectivity index (χ3v) is 4.34. The molecule has 1 aliphatic heterocycles. The molecule has 130 valence electrons. The molecule has 0 saturated heterocycles. The van der Waals surface area contributed by atoms with E-state index < -0.39 is 17.5 Å². The predicted molar refractivity (Wildman–Crippen MR) is 93.0 cm³/mol. The monoisotopic (exact) mass is 340 g/mol. The van der Waals surface area contributed by atoms with E-state index in [1.165, 1.54) is 17.0 Å². The highest BCUT2D eigenvalue weighted by Gasteiger charge is 2.38. The number of nitrogens with one attached hydrogen (secondary N) is 1. The van der Waals surface area contributed by atoms with E-state index in [0.29, 0.717) is 12.1 Å². The average molecular weight is 340 g/mol. The van der Waals surface area contributed by atoms with E-state index in [1.807, 2.05) is 32.0 Å². The molecule has 0 radical (unpaired) electrons. The second-order valence-electron chi connectivity index (χ2n) is 6.46. The van der Waals surface area contributed by atoms with Crippen LogP contribution in [0.5, 0.6) is 0 Å². The summed E-state index contributed by atoms with van der Waals surface area (Å²) in [7, 11) is 1.58. The minimum absolute atomic E-state index is 0.0372. The van der Waals surface area contributed by atoms with Gasteiger partial charge in [-0.3, -0.25) is 14.4 Å². The Morgan fingerprint density at radius 2 is 1.96 bits per heavy atom. The molecule has 0 saturated carbocycles. The van der Waals surface area contributed by atoms with Gasteiger partial charge >= 0.3 is 0 Å². The molecule has 2 aromatic rings. The Labute approximate surface area is 145 Å². The van der Waals surface area contributed by atoms with Crippen molar-refractivity contribution >= 4 is 17.6 Å². The van der Waals surface area contributed by atoms with Crippen molar-refractivity contribution in [3.63, 3.8) is 0 Å². The molecule has 7 nitrogen and oxygen atoms in total. The molecule has 3 rings (SSSR count). The van der Waals surface area contributed by atoms with Crippen molar-refractivity contribution in [2.75, 3.05) is 5.32 Å². The minimum Gasteiger partial charge on any atom is -0.322 e. The summed E-state index contributed by atoms with van der Waals surface area (Å²) in [4.78, 5) is 43.1. The third kappa shape index (κ3) is 3.05. The Kier molecular flexibility index (Phi) is 4.39. The maximum atomic E-state index is 12.8. The number of nitrogens with zero attached hydrogens (tertiary/aromatic N) is 3. The fourth-order valence-corrected chi connectivity index (χ4v) is 3.08. The number of rotatable bonds is 4. The molecule has 2 amide bonds. The van der Waals surface area contributed by atoms with Crippen LogP contribution in [0.15, 0.2) is 41.5 Å². The van der Waals surface area contributed by atoms with Crippen LogP contribution in [0.25, 0.3) is 0 Å². The van der Waals surface area contributed by atoms with E-state index in [1.54, 1.807) is 18.0 Å². The number of aryl methyl sites for hydroxylation is 1. The second-order valence-corrected chi connectivity index (χ2v) is 6.46. The summed E-state index contributed by atoms with van der Waals surface area (Å²) >= 11 is 0. The van der Waals surface area contributed by atoms with E-state index in [9.17, 15) is 14.4 Å². The molecule has 0 aliphatic carbocycles. The molecule has 1 aromatic carbocycles. The van der Waals surface area contributed by atoms with Crippen LogP contribution < -0.4 is 10.9 Å². The molecule has 7 heteroatoms. The smallest absolute Gasteiger partial charge is 0.293 e. The Balaban J connectivity index is 1.87. The van der Waals surface area contributed by atoms with Crippen molar-refractivity contribution in [2.24, 2.45) is 13.0 Å². The summed E-state index contributed by atoms with van der Waals surface area (Å²) < 4.78 is 1.34. The van der Waals surface area contributed by atoms with Crippen LogP contribution in [0.3, 0.4) is 0 Å². The van der Waals surface area contributed by atoms with Crippen molar-refractivity contribution in [3.8, 4) is 0 Å². The van der Waals surface area contributed by atoms with E-state index >= 15 is 0 Å². The summed E-state index contributed by atoms with van der Waals surface area (Å²) in [6.45, 7) is 4.12. The zero-order valence-electron chi connectivity index (χ0n) is 14.4. The first-order valence-electron chi connectivity index (χ1n) is 8.11. The van der Waals surface area contributed by atoms with Gasteiger partial charge in [-0.25, -0.2) is 4.98 Å². The maximum Gasteiger partial charge on any atom is 0.293 e. The van der Waals surface area contributed by atoms with E-state index in [0.717, 1.165) is 5.56 Å². The van der Waals surface area contributed by atoms with Crippen LogP contribution in [-0.2, 0) is 18.4 Å². The van der Waals surface area contributed by atoms with Gasteiger partial charge < -0.3 is 14.8 Å². The van der Waals surface area contributed by atoms with Crippen molar-refractivity contribution < 1.29 is 9.59 Å². The number of anilines is 1. The number of aromatic nitrogens is 2. The third-order valence-electron chi connectivity index (χ3n) is 4.34. The quantitative estimate of drug-likeness (QED) is 0.912. The van der Waals surface area contributed by atoms with Crippen molar-refractivity contribution in [3.05, 3.63) is 58.1 Å². The van der Waals surface area contributed by atoms with Crippen LogP contribution in [0.2, 0.25) is 0 Å². The van der Waals surface area contributed by atoms with Crippen LogP contribution in [0, 0.1) is 5.92 Å². The number of carbonyl (C=O) groups excluding carboxylic acids is 2. The van der Waals surface area contributed by atoms with Gasteiger partial charge in [0.05, 0.1) is 0 Å². The highest BCUT2D eigenvalue weighted by molar-refractivity contribution is 6.03. The predicted octanol–water partition coefficient (Wildman–Crippen LogP) is 1.40. The standard InChI is InChI=1S/C18H20N4O3/c1-11(2)14(16(23)20-15-18(25)21(3)9-8-19-15)22-10-12-6-4-5-7-13(12)17(22)24/h4-9,11,14H,10H2,1-3H3,(H,19,20,23)/t14-/m1/s1. The second kappa shape index (κ2) is 6.51. The Hall–Kier alpha value is -2.96. The Bertz CT molecular complexity index is 888. The van der Waals surface area contributed by atoms with Gasteiger partial charge in [-0.1, -0.05) is 32.0 Å². The number of amides is 2. The van der Waals surface area contributed by atoms with Crippen molar-refractivity contribution in [1.82, 2.24) is 14.5 Å². The molecular weight excluding hydrogens is 320 g/mol. The topological polar surface area (TPSA) is 84.3 Å². The van der Waals surface area contributed by atoms with Gasteiger partial charge in [0, 0.05) is 31.5 Å². The fraction of sp³-hybridized carbons (Fsp3) is 0.333. The number of fused-ring (bicyclic) bond motifs is 1. The van der Waals surface area contributed by atoms with Crippen LogP contribution >= 0.6 is 0 Å². The molecule has 1 aromatic heterocycles. The summed E-state index contributed by atoms with van der Waals surface area (Å²) in [5, 5.41) is 2.58. The summed E-state index contributed by atoms with van der Waals surface area (Å²) in [6, 6.07) is 6.64. The molecule has 0 fully saturated rings. The van der Waals surface area contributed by atoms with Gasteiger partial charge in [0.25, 0.3) is 11.5 Å². The lowest BCUT2D eigenvalue weighted by molar-refractivity contribution is -0.122. The lowest BCUT2D eigenvalue weighted by Crippen LogP contribution is -2.48. The van der Waals surface area contributed by atoms with Gasteiger partial charge in [0.2, 0.25) is 5.91 Å². The molecular formula is C18H20N4O3. The molecule has 2 heterocycles. The number of benzene rings is 1. The van der Waals surface area contributed by atoms with Crippen molar-refractivity contribution in [2.45, 2.75) is 26.4 Å². The van der Waals surface area contributed by atoms with Gasteiger partial charge in [-0.05, 0) is 17.5 Å². The first-order chi connectivity index (χ1) is 11.9. The molecule has 0 unspecified atom stereocenters. The van der Waals surface area contributed by atoms with Gasteiger partial charge in [-0.2, -0.15) is 0 Å². The zero-order chi connectivity index (χ0) is 18.1. The normalized spacial score (nSPS) is 14.6. The molecule has 0 bridgehead atoms. The number of carbonyl (C=O) groups is 2. The van der Waals surface area contributed by atoms with Crippen LogP contribution in [0.4, 0.5) is 5.82 Å². The highest BCUT2D eigenvalue weighted by atomic mass is 16.2. The molecule has 0 spiro atoms. The first-order valence-corrected chi connectivity index (χ1v) is 8.11. The largest absolute Gasteiger partial charge is 0.322 e. The first kappa shape index (κ1) is 16.9. The number of hydrogen-bond acceptors (Lipinski definition) is 4. The van der Waals surface area contributed by atoms with Gasteiger partial charge in [0.15, 0.2) is 5.82 Å². The Morgan fingerprint density at radius 1 is 1.24 bits per heavy atom. The van der Waals surface area contributed by atoms with Crippen LogP contribution in [-0.4, -0.2) is 32.3 Å².